The molecule has 3 rings (SSSR count). The molecule has 0 aliphatic rings. The van der Waals surface area contributed by atoms with E-state index >= 15 is 0 Å². The summed E-state index contributed by atoms with van der Waals surface area (Å²) >= 11 is 5.73. The first-order valence-corrected chi connectivity index (χ1v) is 9.29. The van der Waals surface area contributed by atoms with Crippen LogP contribution in [-0.2, 0) is 6.61 Å². The minimum absolute atomic E-state index is 0.000469. The largest absolute Gasteiger partial charge is 0.486 e. The number of halogens is 2. The van der Waals surface area contributed by atoms with Crippen molar-refractivity contribution in [2.45, 2.75) is 26.4 Å². The molecule has 144 valence electrons. The van der Waals surface area contributed by atoms with Crippen LogP contribution < -0.4 is 4.74 Å². The lowest BCUT2D eigenvalue weighted by atomic mass is 10.0. The van der Waals surface area contributed by atoms with Crippen LogP contribution in [0.1, 0.15) is 47.2 Å². The molecule has 3 aromatic rings. The van der Waals surface area contributed by atoms with Crippen molar-refractivity contribution in [3.8, 4) is 5.75 Å². The van der Waals surface area contributed by atoms with Gasteiger partial charge in [-0.2, -0.15) is 0 Å². The molecule has 5 heteroatoms. The van der Waals surface area contributed by atoms with Gasteiger partial charge in [0.15, 0.2) is 5.78 Å². The summed E-state index contributed by atoms with van der Waals surface area (Å²) in [6, 6.07) is 15.3. The summed E-state index contributed by atoms with van der Waals surface area (Å²) in [6.45, 7) is 4.39. The van der Waals surface area contributed by atoms with Crippen LogP contribution in [0.4, 0.5) is 4.39 Å². The molecule has 0 atom stereocenters. The van der Waals surface area contributed by atoms with Gasteiger partial charge in [0.2, 0.25) is 0 Å². The average Bonchev–Trinajstić information content (AvgIpc) is 3.15. The number of rotatable bonds is 7. The lowest BCUT2D eigenvalue weighted by molar-refractivity contribution is 0.104. The van der Waals surface area contributed by atoms with Crippen LogP contribution >= 0.6 is 11.6 Å². The molecule has 0 saturated heterocycles. The first kappa shape index (κ1) is 19.9. The molecule has 0 N–H and O–H groups in total. The van der Waals surface area contributed by atoms with Crippen LogP contribution in [0.15, 0.2) is 65.1 Å². The Labute approximate surface area is 168 Å². The van der Waals surface area contributed by atoms with E-state index in [1.54, 1.807) is 18.2 Å². The molecule has 0 spiro atoms. The quantitative estimate of drug-likeness (QED) is 0.329. The first-order valence-electron chi connectivity index (χ1n) is 8.91. The number of hydrogen-bond acceptors (Lipinski definition) is 3. The summed E-state index contributed by atoms with van der Waals surface area (Å²) < 4.78 is 24.3. The molecule has 28 heavy (non-hydrogen) atoms. The Morgan fingerprint density at radius 3 is 2.57 bits per heavy atom. The van der Waals surface area contributed by atoms with Crippen LogP contribution in [-0.4, -0.2) is 5.78 Å². The van der Waals surface area contributed by atoms with Gasteiger partial charge in [-0.3, -0.25) is 4.79 Å². The summed E-state index contributed by atoms with van der Waals surface area (Å²) in [7, 11) is 0. The van der Waals surface area contributed by atoms with E-state index in [1.165, 1.54) is 29.8 Å². The number of furan rings is 1. The smallest absolute Gasteiger partial charge is 0.185 e. The van der Waals surface area contributed by atoms with Crippen molar-refractivity contribution >= 4 is 23.5 Å². The molecule has 3 nitrogen and oxygen atoms in total. The van der Waals surface area contributed by atoms with Gasteiger partial charge in [-0.05, 0) is 47.9 Å². The van der Waals surface area contributed by atoms with Crippen LogP contribution in [0.2, 0.25) is 5.02 Å². The van der Waals surface area contributed by atoms with Crippen molar-refractivity contribution in [1.82, 2.24) is 0 Å². The maximum atomic E-state index is 13.2. The van der Waals surface area contributed by atoms with E-state index < -0.39 is 5.82 Å². The number of ketones is 1. The topological polar surface area (TPSA) is 39.4 Å². The standard InChI is InChI=1S/C23H20ClFO3/c1-15(2)16-3-5-17(6-4-16)23(26)12-10-18-7-8-20(28-18)14-27-19-9-11-22(25)21(24)13-19/h3-13,15H,14H2,1-2H3/b12-10+. The van der Waals surface area contributed by atoms with Crippen LogP contribution in [0.3, 0.4) is 0 Å². The molecule has 0 amide bonds. The van der Waals surface area contributed by atoms with E-state index in [0.717, 1.165) is 0 Å². The first-order chi connectivity index (χ1) is 13.4. The Bertz CT molecular complexity index is 987. The van der Waals surface area contributed by atoms with Crippen LogP contribution in [0.25, 0.3) is 6.08 Å². The highest BCUT2D eigenvalue weighted by Gasteiger charge is 2.06. The highest BCUT2D eigenvalue weighted by atomic mass is 35.5. The zero-order valence-corrected chi connectivity index (χ0v) is 16.4. The highest BCUT2D eigenvalue weighted by molar-refractivity contribution is 6.30. The average molecular weight is 399 g/mol. The molecule has 2 aromatic carbocycles. The summed E-state index contributed by atoms with van der Waals surface area (Å²) in [5.41, 5.74) is 1.82. The molecule has 0 saturated carbocycles. The predicted octanol–water partition coefficient (Wildman–Crippen LogP) is 6.67. The maximum absolute atomic E-state index is 13.2. The molecule has 0 fully saturated rings. The molecule has 1 aromatic heterocycles. The minimum Gasteiger partial charge on any atom is -0.486 e. The maximum Gasteiger partial charge on any atom is 0.185 e. The molecule has 0 bridgehead atoms. The van der Waals surface area contributed by atoms with Gasteiger partial charge >= 0.3 is 0 Å². The number of allylic oxidation sites excluding steroid dienone is 1. The highest BCUT2D eigenvalue weighted by Crippen LogP contribution is 2.22. The summed E-state index contributed by atoms with van der Waals surface area (Å²) in [5.74, 6) is 1.40. The van der Waals surface area contributed by atoms with E-state index in [2.05, 4.69) is 13.8 Å². The van der Waals surface area contributed by atoms with Gasteiger partial charge in [-0.15, -0.1) is 0 Å². The number of carbonyl (C=O) groups is 1. The minimum atomic E-state index is -0.497. The van der Waals surface area contributed by atoms with Gasteiger partial charge in [-0.25, -0.2) is 4.39 Å². The summed E-state index contributed by atoms with van der Waals surface area (Å²) in [4.78, 5) is 12.3. The Balaban J connectivity index is 1.58. The second kappa shape index (κ2) is 8.89. The molecule has 0 aliphatic carbocycles. The molecule has 0 unspecified atom stereocenters. The molecular formula is C23H20ClFO3. The van der Waals surface area contributed by atoms with Gasteiger partial charge in [0.1, 0.15) is 29.7 Å². The summed E-state index contributed by atoms with van der Waals surface area (Å²) in [6.07, 6.45) is 3.10. The fourth-order valence-corrected chi connectivity index (χ4v) is 2.74. The van der Waals surface area contributed by atoms with E-state index in [1.807, 2.05) is 24.3 Å². The van der Waals surface area contributed by atoms with E-state index in [4.69, 9.17) is 20.8 Å². The third-order valence-electron chi connectivity index (χ3n) is 4.22. The van der Waals surface area contributed by atoms with Gasteiger partial charge in [-0.1, -0.05) is 49.7 Å². The summed E-state index contributed by atoms with van der Waals surface area (Å²) in [5, 5.41) is 0.000469. The van der Waals surface area contributed by atoms with E-state index in [9.17, 15) is 9.18 Å². The van der Waals surface area contributed by atoms with Crippen molar-refractivity contribution in [2.75, 3.05) is 0 Å². The SMILES string of the molecule is CC(C)c1ccc(C(=O)/C=C/c2ccc(COc3ccc(F)c(Cl)c3)o2)cc1. The normalized spacial score (nSPS) is 11.3. The molecule has 0 radical (unpaired) electrons. The number of hydrogen-bond donors (Lipinski definition) is 0. The second-order valence-electron chi connectivity index (χ2n) is 6.64. The Morgan fingerprint density at radius 2 is 1.89 bits per heavy atom. The Kier molecular flexibility index (Phi) is 6.32. The van der Waals surface area contributed by atoms with Gasteiger partial charge in [0.25, 0.3) is 0 Å². The van der Waals surface area contributed by atoms with Crippen LogP contribution in [0.5, 0.6) is 5.75 Å². The Morgan fingerprint density at radius 1 is 1.14 bits per heavy atom. The number of ether oxygens (including phenoxy) is 1. The van der Waals surface area contributed by atoms with Gasteiger partial charge in [0.05, 0.1) is 5.02 Å². The molecule has 1 heterocycles. The van der Waals surface area contributed by atoms with Crippen molar-refractivity contribution in [1.29, 1.82) is 0 Å². The van der Waals surface area contributed by atoms with Gasteiger partial charge in [0, 0.05) is 11.6 Å². The lowest BCUT2D eigenvalue weighted by Gasteiger charge is -2.05. The number of benzene rings is 2. The van der Waals surface area contributed by atoms with Crippen molar-refractivity contribution < 1.29 is 18.3 Å². The third-order valence-corrected chi connectivity index (χ3v) is 4.51. The zero-order chi connectivity index (χ0) is 20.1. The predicted molar refractivity (Wildman–Crippen MR) is 108 cm³/mol. The van der Waals surface area contributed by atoms with Crippen molar-refractivity contribution in [2.24, 2.45) is 0 Å². The van der Waals surface area contributed by atoms with Crippen molar-refractivity contribution in [3.05, 3.63) is 94.2 Å². The van der Waals surface area contributed by atoms with Crippen molar-refractivity contribution in [3.63, 3.8) is 0 Å². The van der Waals surface area contributed by atoms with E-state index in [-0.39, 0.29) is 17.4 Å². The molecular weight excluding hydrogens is 379 g/mol. The monoisotopic (exact) mass is 398 g/mol. The fourth-order valence-electron chi connectivity index (χ4n) is 2.57. The third kappa shape index (κ3) is 5.11. The fraction of sp³-hybridized carbons (Fsp3) is 0.174. The molecule has 0 aliphatic heterocycles. The van der Waals surface area contributed by atoms with Gasteiger partial charge < -0.3 is 9.15 Å². The Hall–Kier alpha value is -2.85. The second-order valence-corrected chi connectivity index (χ2v) is 7.05. The zero-order valence-electron chi connectivity index (χ0n) is 15.6. The van der Waals surface area contributed by atoms with E-state index in [0.29, 0.717) is 28.8 Å². The number of carbonyl (C=O) groups excluding carboxylic acids is 1. The van der Waals surface area contributed by atoms with Crippen LogP contribution in [0, 0.1) is 5.82 Å². The lowest BCUT2D eigenvalue weighted by Crippen LogP contribution is -1.95.